The monoisotopic (exact) mass is 993 g/mol. The first kappa shape index (κ1) is 52.3. The predicted molar refractivity (Wildman–Crippen MR) is 325 cm³/mol. The maximum absolute atomic E-state index is 6.04. The first-order chi connectivity index (χ1) is 37.2. The average Bonchev–Trinajstić information content (AvgIpc) is 3.46. The molecule has 0 atom stereocenters. The molecule has 0 fully saturated rings. The van der Waals surface area contributed by atoms with Crippen LogP contribution in [-0.2, 0) is 35.5 Å². The van der Waals surface area contributed by atoms with E-state index in [2.05, 4.69) is 281 Å². The molecule has 0 aliphatic rings. The first-order valence-electron chi connectivity index (χ1n) is 26.4. The second-order valence-electron chi connectivity index (χ2n) is 19.6. The fourth-order valence-electron chi connectivity index (χ4n) is 9.13. The number of anilines is 6. The summed E-state index contributed by atoms with van der Waals surface area (Å²) in [5.74, 6) is 0. The van der Waals surface area contributed by atoms with E-state index in [0.29, 0.717) is 26.4 Å². The first-order valence-corrected chi connectivity index (χ1v) is 26.4. The van der Waals surface area contributed by atoms with Crippen LogP contribution in [0.4, 0.5) is 34.1 Å². The molecule has 0 bridgehead atoms. The molecule has 0 radical (unpaired) electrons. The van der Waals surface area contributed by atoms with E-state index in [9.17, 15) is 0 Å². The van der Waals surface area contributed by atoms with Crippen LogP contribution >= 0.6 is 0 Å². The lowest BCUT2D eigenvalue weighted by atomic mass is 10.1. The van der Waals surface area contributed by atoms with Crippen LogP contribution in [0.15, 0.2) is 219 Å². The third-order valence-electron chi connectivity index (χ3n) is 14.1. The van der Waals surface area contributed by atoms with E-state index in [0.717, 1.165) is 80.3 Å². The Balaban J connectivity index is 0.834. The van der Waals surface area contributed by atoms with E-state index in [-0.39, 0.29) is 0 Å². The third-order valence-corrected chi connectivity index (χ3v) is 14.1. The second kappa shape index (κ2) is 25.6. The molecule has 0 spiro atoms. The van der Waals surface area contributed by atoms with Gasteiger partial charge in [-0.15, -0.1) is 0 Å². The van der Waals surface area contributed by atoms with Gasteiger partial charge in [0.1, 0.15) is 0 Å². The van der Waals surface area contributed by atoms with Gasteiger partial charge in [-0.05, 0) is 197 Å². The Hall–Kier alpha value is -8.54. The third kappa shape index (κ3) is 14.0. The molecule has 0 heterocycles. The summed E-state index contributed by atoms with van der Waals surface area (Å²) in [4.78, 5) is 4.67. The maximum atomic E-state index is 6.04. The number of hydrogen-bond acceptors (Lipinski definition) is 4. The van der Waals surface area contributed by atoms with Crippen molar-refractivity contribution in [1.29, 1.82) is 0 Å². The molecule has 4 heteroatoms. The van der Waals surface area contributed by atoms with Crippen molar-refractivity contribution in [3.63, 3.8) is 0 Å². The van der Waals surface area contributed by atoms with Crippen LogP contribution in [0.25, 0.3) is 36.5 Å². The number of rotatable bonds is 22. The summed E-state index contributed by atoms with van der Waals surface area (Å²) >= 11 is 0. The molecular formula is C72H68N2O2. The quantitative estimate of drug-likeness (QED) is 0.0499. The van der Waals surface area contributed by atoms with Crippen molar-refractivity contribution in [1.82, 2.24) is 0 Å². The summed E-state index contributed by atoms with van der Waals surface area (Å²) in [6.45, 7) is 18.9. The Morgan fingerprint density at radius 1 is 0.316 bits per heavy atom. The zero-order valence-electron chi connectivity index (χ0n) is 44.5. The molecule has 4 nitrogen and oxygen atoms in total. The fourth-order valence-corrected chi connectivity index (χ4v) is 9.13. The Kier molecular flexibility index (Phi) is 17.6. The van der Waals surface area contributed by atoms with E-state index >= 15 is 0 Å². The van der Waals surface area contributed by atoms with Crippen molar-refractivity contribution < 1.29 is 9.47 Å². The highest BCUT2D eigenvalue weighted by molar-refractivity contribution is 5.81. The van der Waals surface area contributed by atoms with Gasteiger partial charge in [-0.2, -0.15) is 0 Å². The smallest absolute Gasteiger partial charge is 0.0717 e. The molecule has 9 rings (SSSR count). The van der Waals surface area contributed by atoms with Crippen molar-refractivity contribution in [2.45, 2.75) is 53.8 Å². The minimum absolute atomic E-state index is 0.599. The van der Waals surface area contributed by atoms with Gasteiger partial charge in [-0.3, -0.25) is 0 Å². The van der Waals surface area contributed by atoms with Crippen LogP contribution in [-0.4, -0.2) is 13.2 Å². The highest BCUT2D eigenvalue weighted by atomic mass is 16.5. The van der Waals surface area contributed by atoms with E-state index < -0.39 is 0 Å². The summed E-state index contributed by atoms with van der Waals surface area (Å²) in [5.41, 5.74) is 23.4. The van der Waals surface area contributed by atoms with Crippen molar-refractivity contribution in [2.75, 3.05) is 23.0 Å². The van der Waals surface area contributed by atoms with Crippen molar-refractivity contribution in [2.24, 2.45) is 0 Å². The lowest BCUT2D eigenvalue weighted by Gasteiger charge is -2.26. The highest BCUT2D eigenvalue weighted by Gasteiger charge is 2.15. The van der Waals surface area contributed by atoms with Gasteiger partial charge in [0.15, 0.2) is 0 Å². The molecule has 0 N–H and O–H groups in total. The number of benzene rings is 9. The highest BCUT2D eigenvalue weighted by Crippen LogP contribution is 2.38. The second-order valence-corrected chi connectivity index (χ2v) is 19.6. The van der Waals surface area contributed by atoms with E-state index in [1.807, 2.05) is 12.2 Å². The summed E-state index contributed by atoms with van der Waals surface area (Å²) in [5, 5.41) is 0. The zero-order valence-corrected chi connectivity index (χ0v) is 44.5. The minimum Gasteiger partial charge on any atom is -0.376 e. The van der Waals surface area contributed by atoms with Crippen molar-refractivity contribution in [3.8, 4) is 0 Å². The summed E-state index contributed by atoms with van der Waals surface area (Å²) in [6, 6.07) is 74.1. The molecule has 76 heavy (non-hydrogen) atoms. The standard InChI is InChI=1S/C72H68N2O2/c1-7-57-14-22-65(23-15-57)51-75-46-44-61-30-40-69(41-31-61)73(71-34-12-53(3)55(5)48-71)67-36-26-59(27-37-67)18-20-63-10-9-11-64(50-63)21-19-60-28-38-68(39-29-60)74(72-35-13-54(4)56(6)49-72)70-42-32-62(33-43-70)45-47-76-52-66-24-16-58(8-2)17-25-66/h7-43,48-50H,1-2,44-47,51-52H2,3-6H3/b20-18+,21-19+. The van der Waals surface area contributed by atoms with E-state index in [1.54, 1.807) is 0 Å². The lowest BCUT2D eigenvalue weighted by molar-refractivity contribution is 0.124. The van der Waals surface area contributed by atoms with Crippen LogP contribution in [0.5, 0.6) is 0 Å². The Bertz CT molecular complexity index is 3180. The predicted octanol–water partition coefficient (Wildman–Crippen LogP) is 19.0. The molecule has 0 saturated carbocycles. The van der Waals surface area contributed by atoms with Gasteiger partial charge >= 0.3 is 0 Å². The van der Waals surface area contributed by atoms with E-state index in [1.165, 1.54) is 44.5 Å². The van der Waals surface area contributed by atoms with Crippen LogP contribution < -0.4 is 9.80 Å². The summed E-state index contributed by atoms with van der Waals surface area (Å²) in [6.07, 6.45) is 14.2. The van der Waals surface area contributed by atoms with Crippen molar-refractivity contribution >= 4 is 70.6 Å². The van der Waals surface area contributed by atoms with Crippen molar-refractivity contribution in [3.05, 3.63) is 297 Å². The number of aryl methyl sites for hydroxylation is 4. The fraction of sp³-hybridized carbons (Fsp3) is 0.139. The molecule has 0 aromatic heterocycles. The lowest BCUT2D eigenvalue weighted by Crippen LogP contribution is -2.10. The molecule has 0 aliphatic heterocycles. The van der Waals surface area contributed by atoms with Crippen LogP contribution in [0, 0.1) is 27.7 Å². The molecule has 9 aromatic rings. The summed E-state index contributed by atoms with van der Waals surface area (Å²) in [7, 11) is 0. The molecule has 0 unspecified atom stereocenters. The van der Waals surface area contributed by atoms with Gasteiger partial charge in [0, 0.05) is 34.1 Å². The van der Waals surface area contributed by atoms with Crippen LogP contribution in [0.2, 0.25) is 0 Å². The molecule has 378 valence electrons. The molecular weight excluding hydrogens is 925 g/mol. The maximum Gasteiger partial charge on any atom is 0.0717 e. The Morgan fingerprint density at radius 3 is 0.987 bits per heavy atom. The topological polar surface area (TPSA) is 24.9 Å². The van der Waals surface area contributed by atoms with E-state index in [4.69, 9.17) is 9.47 Å². The minimum atomic E-state index is 0.599. The number of hydrogen-bond donors (Lipinski definition) is 0. The Morgan fingerprint density at radius 2 is 0.632 bits per heavy atom. The summed E-state index contributed by atoms with van der Waals surface area (Å²) < 4.78 is 12.1. The number of ether oxygens (including phenoxy) is 2. The van der Waals surface area contributed by atoms with Gasteiger partial charge < -0.3 is 19.3 Å². The average molecular weight is 993 g/mol. The van der Waals surface area contributed by atoms with Gasteiger partial charge in [-0.25, -0.2) is 0 Å². The molecule has 0 amide bonds. The normalized spacial score (nSPS) is 11.3. The van der Waals surface area contributed by atoms with Crippen LogP contribution in [0.3, 0.4) is 0 Å². The molecule has 0 aliphatic carbocycles. The van der Waals surface area contributed by atoms with Gasteiger partial charge in [-0.1, -0.05) is 177 Å². The molecule has 9 aromatic carbocycles. The molecule has 0 saturated heterocycles. The zero-order chi connectivity index (χ0) is 52.6. The van der Waals surface area contributed by atoms with Crippen LogP contribution in [0.1, 0.15) is 77.9 Å². The van der Waals surface area contributed by atoms with Gasteiger partial charge in [0.05, 0.1) is 26.4 Å². The van der Waals surface area contributed by atoms with Gasteiger partial charge in [0.2, 0.25) is 0 Å². The Labute approximate surface area is 451 Å². The number of nitrogens with zero attached hydrogens (tertiary/aromatic N) is 2. The largest absolute Gasteiger partial charge is 0.376 e. The SMILES string of the molecule is C=Cc1ccc(COCCc2ccc(N(c3ccc(/C=C/c4cccc(/C=C/c5ccc(N(c6ccc(CCOCc7ccc(C=C)cc7)cc6)c6ccc(C)c(C)c6)cc5)c4)cc3)c3ccc(C)c(C)c3)cc2)cc1. The van der Waals surface area contributed by atoms with Gasteiger partial charge in [0.25, 0.3) is 0 Å².